The van der Waals surface area contributed by atoms with E-state index in [-0.39, 0.29) is 17.4 Å². The largest absolute Gasteiger partial charge is 0.497 e. The van der Waals surface area contributed by atoms with Crippen molar-refractivity contribution < 1.29 is 23.0 Å². The Morgan fingerprint density at radius 3 is 2.50 bits per heavy atom. The van der Waals surface area contributed by atoms with Crippen LogP contribution >= 0.6 is 0 Å². The molecule has 0 aromatic heterocycles. The molecule has 20 heavy (non-hydrogen) atoms. The van der Waals surface area contributed by atoms with E-state index in [0.29, 0.717) is 5.75 Å². The van der Waals surface area contributed by atoms with Gasteiger partial charge in [0.2, 0.25) is 5.91 Å². The van der Waals surface area contributed by atoms with Crippen molar-refractivity contribution in [1.29, 1.82) is 0 Å². The quantitative estimate of drug-likeness (QED) is 0.841. The van der Waals surface area contributed by atoms with Crippen molar-refractivity contribution in [2.24, 2.45) is 11.7 Å². The molecule has 0 bridgehead atoms. The third-order valence-corrected chi connectivity index (χ3v) is 2.68. The number of alkyl halides is 2. The molecule has 0 aliphatic heterocycles. The third kappa shape index (κ3) is 4.34. The standard InChI is InChI=1S/C13H18F2N2O3/c1-7(2)11(16)12(18)17-9-6-8(19-3)4-5-10(9)20-13(14)15/h4-7,11,13H,16H2,1-3H3,(H,17,18)/t11-/m1/s1. The Hall–Kier alpha value is -1.89. The number of ether oxygens (including phenoxy) is 2. The molecule has 0 saturated heterocycles. The van der Waals surface area contributed by atoms with Gasteiger partial charge >= 0.3 is 6.61 Å². The summed E-state index contributed by atoms with van der Waals surface area (Å²) in [5.41, 5.74) is 5.79. The second-order valence-corrected chi connectivity index (χ2v) is 4.50. The normalized spacial score (nSPS) is 12.4. The zero-order valence-electron chi connectivity index (χ0n) is 11.5. The Bertz CT molecular complexity index is 467. The number of nitrogens with one attached hydrogen (secondary N) is 1. The summed E-state index contributed by atoms with van der Waals surface area (Å²) in [5.74, 6) is -0.308. The first-order valence-corrected chi connectivity index (χ1v) is 6.04. The van der Waals surface area contributed by atoms with Crippen LogP contribution in [0.15, 0.2) is 18.2 Å². The van der Waals surface area contributed by atoms with Gasteiger partial charge < -0.3 is 20.5 Å². The Labute approximate surface area is 116 Å². The Morgan fingerprint density at radius 1 is 1.35 bits per heavy atom. The first kappa shape index (κ1) is 16.2. The summed E-state index contributed by atoms with van der Waals surface area (Å²) < 4.78 is 34.0. The average Bonchev–Trinajstić information content (AvgIpc) is 2.38. The smallest absolute Gasteiger partial charge is 0.387 e. The monoisotopic (exact) mass is 288 g/mol. The minimum Gasteiger partial charge on any atom is -0.497 e. The zero-order chi connectivity index (χ0) is 15.3. The number of halogens is 2. The van der Waals surface area contributed by atoms with Crippen molar-refractivity contribution in [3.63, 3.8) is 0 Å². The molecular formula is C13H18F2N2O3. The van der Waals surface area contributed by atoms with E-state index >= 15 is 0 Å². The molecule has 1 atom stereocenters. The lowest BCUT2D eigenvalue weighted by molar-refractivity contribution is -0.118. The molecule has 0 unspecified atom stereocenters. The topological polar surface area (TPSA) is 73.6 Å². The van der Waals surface area contributed by atoms with Gasteiger partial charge in [0.15, 0.2) is 0 Å². The summed E-state index contributed by atoms with van der Waals surface area (Å²) in [4.78, 5) is 11.9. The van der Waals surface area contributed by atoms with Crippen LogP contribution in [-0.2, 0) is 4.79 Å². The van der Waals surface area contributed by atoms with E-state index in [2.05, 4.69) is 10.1 Å². The number of hydrogen-bond acceptors (Lipinski definition) is 4. The Morgan fingerprint density at radius 2 is 2.00 bits per heavy atom. The fraction of sp³-hybridized carbons (Fsp3) is 0.462. The number of rotatable bonds is 6. The lowest BCUT2D eigenvalue weighted by Crippen LogP contribution is -2.39. The molecule has 1 aromatic carbocycles. The SMILES string of the molecule is COc1ccc(OC(F)F)c(NC(=O)[C@H](N)C(C)C)c1. The molecule has 1 rings (SSSR count). The van der Waals surface area contributed by atoms with Crippen LogP contribution in [0.3, 0.4) is 0 Å². The average molecular weight is 288 g/mol. The maximum Gasteiger partial charge on any atom is 0.387 e. The molecular weight excluding hydrogens is 270 g/mol. The molecule has 0 aliphatic rings. The lowest BCUT2D eigenvalue weighted by Gasteiger charge is -2.17. The van der Waals surface area contributed by atoms with E-state index in [1.54, 1.807) is 13.8 Å². The zero-order valence-corrected chi connectivity index (χ0v) is 11.5. The number of hydrogen-bond donors (Lipinski definition) is 2. The third-order valence-electron chi connectivity index (χ3n) is 2.68. The van der Waals surface area contributed by atoms with Gasteiger partial charge in [-0.1, -0.05) is 13.8 Å². The molecule has 0 aliphatic carbocycles. The van der Waals surface area contributed by atoms with Crippen LogP contribution in [0.1, 0.15) is 13.8 Å². The van der Waals surface area contributed by atoms with Gasteiger partial charge in [0.1, 0.15) is 11.5 Å². The molecule has 0 radical (unpaired) electrons. The number of anilines is 1. The van der Waals surface area contributed by atoms with Crippen molar-refractivity contribution in [1.82, 2.24) is 0 Å². The van der Waals surface area contributed by atoms with E-state index in [9.17, 15) is 13.6 Å². The van der Waals surface area contributed by atoms with Crippen LogP contribution < -0.4 is 20.5 Å². The second kappa shape index (κ2) is 7.04. The van der Waals surface area contributed by atoms with Gasteiger partial charge in [-0.25, -0.2) is 0 Å². The van der Waals surface area contributed by atoms with E-state index < -0.39 is 18.6 Å². The van der Waals surface area contributed by atoms with Gasteiger partial charge in [0.05, 0.1) is 18.8 Å². The highest BCUT2D eigenvalue weighted by Gasteiger charge is 2.20. The number of nitrogens with two attached hydrogens (primary N) is 1. The number of carbonyl (C=O) groups excluding carboxylic acids is 1. The van der Waals surface area contributed by atoms with Crippen LogP contribution in [0.4, 0.5) is 14.5 Å². The summed E-state index contributed by atoms with van der Waals surface area (Å²) in [6.07, 6.45) is 0. The van der Waals surface area contributed by atoms with Gasteiger partial charge in [-0.15, -0.1) is 0 Å². The number of benzene rings is 1. The Balaban J connectivity index is 2.98. The van der Waals surface area contributed by atoms with Crippen LogP contribution in [0.5, 0.6) is 11.5 Å². The van der Waals surface area contributed by atoms with Gasteiger partial charge in [0, 0.05) is 6.07 Å². The highest BCUT2D eigenvalue weighted by molar-refractivity contribution is 5.96. The molecule has 0 heterocycles. The molecule has 7 heteroatoms. The number of methoxy groups -OCH3 is 1. The van der Waals surface area contributed by atoms with Crippen LogP contribution in [-0.4, -0.2) is 25.7 Å². The Kier molecular flexibility index (Phi) is 5.69. The van der Waals surface area contributed by atoms with Crippen molar-refractivity contribution in [3.05, 3.63) is 18.2 Å². The van der Waals surface area contributed by atoms with Crippen LogP contribution in [0, 0.1) is 5.92 Å². The molecule has 112 valence electrons. The molecule has 3 N–H and O–H groups in total. The fourth-order valence-corrected chi connectivity index (χ4v) is 1.45. The fourth-order valence-electron chi connectivity index (χ4n) is 1.45. The molecule has 1 aromatic rings. The first-order valence-electron chi connectivity index (χ1n) is 6.04. The molecule has 5 nitrogen and oxygen atoms in total. The van der Waals surface area contributed by atoms with Crippen molar-refractivity contribution in [2.75, 3.05) is 12.4 Å². The number of amides is 1. The summed E-state index contributed by atoms with van der Waals surface area (Å²) in [6, 6.07) is 3.39. The molecule has 1 amide bonds. The highest BCUT2D eigenvalue weighted by atomic mass is 19.3. The summed E-state index contributed by atoms with van der Waals surface area (Å²) in [7, 11) is 1.43. The van der Waals surface area contributed by atoms with Crippen LogP contribution in [0.2, 0.25) is 0 Å². The summed E-state index contributed by atoms with van der Waals surface area (Å²) in [6.45, 7) is 0.580. The van der Waals surface area contributed by atoms with E-state index in [1.807, 2.05) is 0 Å². The van der Waals surface area contributed by atoms with Crippen molar-refractivity contribution >= 4 is 11.6 Å². The van der Waals surface area contributed by atoms with Crippen LogP contribution in [0.25, 0.3) is 0 Å². The lowest BCUT2D eigenvalue weighted by atomic mass is 10.0. The minimum absolute atomic E-state index is 0.0833. The summed E-state index contributed by atoms with van der Waals surface area (Å²) in [5, 5.41) is 2.47. The molecule has 0 fully saturated rings. The summed E-state index contributed by atoms with van der Waals surface area (Å²) >= 11 is 0. The maximum absolute atomic E-state index is 12.3. The van der Waals surface area contributed by atoms with Crippen molar-refractivity contribution in [2.45, 2.75) is 26.5 Å². The molecule has 0 saturated carbocycles. The first-order chi connectivity index (χ1) is 9.35. The predicted octanol–water partition coefficient (Wildman–Crippen LogP) is 2.22. The minimum atomic E-state index is -2.99. The van der Waals surface area contributed by atoms with E-state index in [0.717, 1.165) is 0 Å². The van der Waals surface area contributed by atoms with E-state index in [4.69, 9.17) is 10.5 Å². The maximum atomic E-state index is 12.3. The van der Waals surface area contributed by atoms with Gasteiger partial charge in [-0.2, -0.15) is 8.78 Å². The molecule has 0 spiro atoms. The second-order valence-electron chi connectivity index (χ2n) is 4.50. The van der Waals surface area contributed by atoms with E-state index in [1.165, 1.54) is 25.3 Å². The van der Waals surface area contributed by atoms with Crippen molar-refractivity contribution in [3.8, 4) is 11.5 Å². The van der Waals surface area contributed by atoms with Gasteiger partial charge in [0.25, 0.3) is 0 Å². The highest BCUT2D eigenvalue weighted by Crippen LogP contribution is 2.30. The van der Waals surface area contributed by atoms with Gasteiger partial charge in [-0.3, -0.25) is 4.79 Å². The number of carbonyl (C=O) groups is 1. The van der Waals surface area contributed by atoms with Gasteiger partial charge in [-0.05, 0) is 18.1 Å². The predicted molar refractivity (Wildman–Crippen MR) is 71.1 cm³/mol.